The standard InChI is InChI=1S/C14H24N4O/c1-9-11(10(2)18(5)17-9)16-13(19)12-14(3,4)7-6-8-15-12/h12,15H,6-8H2,1-5H3,(H,16,19). The van der Waals surface area contributed by atoms with Crippen LogP contribution >= 0.6 is 0 Å². The number of carbonyl (C=O) groups is 1. The number of aromatic nitrogens is 2. The minimum Gasteiger partial charge on any atom is -0.322 e. The number of aryl methyl sites for hydroxylation is 2. The van der Waals surface area contributed by atoms with E-state index in [4.69, 9.17) is 0 Å². The highest BCUT2D eigenvalue weighted by Crippen LogP contribution is 2.31. The van der Waals surface area contributed by atoms with Crippen LogP contribution in [0, 0.1) is 19.3 Å². The lowest BCUT2D eigenvalue weighted by atomic mass is 9.77. The SMILES string of the molecule is Cc1nn(C)c(C)c1NC(=O)C1NCCCC1(C)C. The van der Waals surface area contributed by atoms with Gasteiger partial charge in [0.2, 0.25) is 5.91 Å². The second-order valence-corrected chi connectivity index (χ2v) is 6.14. The number of nitrogens with zero attached hydrogens (tertiary/aromatic N) is 2. The molecule has 0 aromatic carbocycles. The molecule has 1 saturated heterocycles. The number of carbonyl (C=O) groups excluding carboxylic acids is 1. The molecule has 1 unspecified atom stereocenters. The third-order valence-corrected chi connectivity index (χ3v) is 4.15. The van der Waals surface area contributed by atoms with Gasteiger partial charge in [0.1, 0.15) is 0 Å². The number of nitrogens with one attached hydrogen (secondary N) is 2. The van der Waals surface area contributed by atoms with Crippen molar-refractivity contribution in [3.8, 4) is 0 Å². The fourth-order valence-corrected chi connectivity index (χ4v) is 2.81. The molecule has 1 aromatic rings. The van der Waals surface area contributed by atoms with Gasteiger partial charge in [0.25, 0.3) is 0 Å². The van der Waals surface area contributed by atoms with Gasteiger partial charge in [0, 0.05) is 7.05 Å². The maximum Gasteiger partial charge on any atom is 0.242 e. The Kier molecular flexibility index (Phi) is 3.67. The van der Waals surface area contributed by atoms with Crippen molar-refractivity contribution in [2.24, 2.45) is 12.5 Å². The average molecular weight is 264 g/mol. The maximum absolute atomic E-state index is 12.5. The molecule has 0 spiro atoms. The van der Waals surface area contributed by atoms with Crippen molar-refractivity contribution in [2.75, 3.05) is 11.9 Å². The summed E-state index contributed by atoms with van der Waals surface area (Å²) < 4.78 is 1.80. The molecule has 19 heavy (non-hydrogen) atoms. The van der Waals surface area contributed by atoms with E-state index in [1.54, 1.807) is 4.68 Å². The van der Waals surface area contributed by atoms with E-state index in [0.717, 1.165) is 36.5 Å². The Balaban J connectivity index is 2.16. The molecule has 2 rings (SSSR count). The minimum absolute atomic E-state index is 0.00759. The Morgan fingerprint density at radius 1 is 1.47 bits per heavy atom. The number of rotatable bonds is 2. The van der Waals surface area contributed by atoms with Crippen LogP contribution in [0.1, 0.15) is 38.1 Å². The van der Waals surface area contributed by atoms with Crippen molar-refractivity contribution >= 4 is 11.6 Å². The predicted molar refractivity (Wildman–Crippen MR) is 76.1 cm³/mol. The zero-order chi connectivity index (χ0) is 14.2. The van der Waals surface area contributed by atoms with Gasteiger partial charge in [0.05, 0.1) is 23.1 Å². The largest absolute Gasteiger partial charge is 0.322 e. The van der Waals surface area contributed by atoms with Crippen LogP contribution in [0.2, 0.25) is 0 Å². The Morgan fingerprint density at radius 2 is 2.16 bits per heavy atom. The highest BCUT2D eigenvalue weighted by molar-refractivity contribution is 5.96. The van der Waals surface area contributed by atoms with Crippen molar-refractivity contribution in [3.63, 3.8) is 0 Å². The molecule has 0 saturated carbocycles. The van der Waals surface area contributed by atoms with E-state index in [0.29, 0.717) is 0 Å². The lowest BCUT2D eigenvalue weighted by Gasteiger charge is -2.38. The second-order valence-electron chi connectivity index (χ2n) is 6.14. The summed E-state index contributed by atoms with van der Waals surface area (Å²) in [7, 11) is 1.89. The Bertz CT molecular complexity index is 490. The molecule has 1 aliphatic heterocycles. The summed E-state index contributed by atoms with van der Waals surface area (Å²) in [4.78, 5) is 12.5. The van der Waals surface area contributed by atoms with Crippen molar-refractivity contribution < 1.29 is 4.79 Å². The minimum atomic E-state index is -0.139. The summed E-state index contributed by atoms with van der Waals surface area (Å²) in [5.41, 5.74) is 2.68. The molecule has 0 radical (unpaired) electrons. The fourth-order valence-electron chi connectivity index (χ4n) is 2.81. The summed E-state index contributed by atoms with van der Waals surface area (Å²) in [5, 5.41) is 10.7. The summed E-state index contributed by atoms with van der Waals surface area (Å²) in [6.07, 6.45) is 2.20. The molecular weight excluding hydrogens is 240 g/mol. The van der Waals surface area contributed by atoms with E-state index in [9.17, 15) is 4.79 Å². The van der Waals surface area contributed by atoms with Gasteiger partial charge < -0.3 is 10.6 Å². The van der Waals surface area contributed by atoms with E-state index < -0.39 is 0 Å². The van der Waals surface area contributed by atoms with E-state index in [-0.39, 0.29) is 17.4 Å². The number of amides is 1. The summed E-state index contributed by atoms with van der Waals surface area (Å²) in [6, 6.07) is -0.139. The summed E-state index contributed by atoms with van der Waals surface area (Å²) in [6.45, 7) is 9.09. The molecule has 106 valence electrons. The molecule has 1 aliphatic rings. The topological polar surface area (TPSA) is 59.0 Å². The maximum atomic E-state index is 12.5. The third kappa shape index (κ3) is 2.66. The Labute approximate surface area is 114 Å². The molecule has 5 nitrogen and oxygen atoms in total. The average Bonchev–Trinajstić information content (AvgIpc) is 2.55. The molecule has 1 amide bonds. The van der Waals surface area contributed by atoms with Gasteiger partial charge >= 0.3 is 0 Å². The molecule has 5 heteroatoms. The van der Waals surface area contributed by atoms with Gasteiger partial charge in [-0.1, -0.05) is 13.8 Å². The van der Waals surface area contributed by atoms with E-state index in [1.807, 2.05) is 20.9 Å². The third-order valence-electron chi connectivity index (χ3n) is 4.15. The smallest absolute Gasteiger partial charge is 0.242 e. The Hall–Kier alpha value is -1.36. The monoisotopic (exact) mass is 264 g/mol. The van der Waals surface area contributed by atoms with Gasteiger partial charge in [-0.3, -0.25) is 9.48 Å². The summed E-state index contributed by atoms with van der Waals surface area (Å²) in [5.74, 6) is 0.0453. The van der Waals surface area contributed by atoms with Crippen molar-refractivity contribution in [2.45, 2.75) is 46.6 Å². The molecule has 2 N–H and O–H groups in total. The first-order valence-electron chi connectivity index (χ1n) is 6.87. The molecule has 2 heterocycles. The van der Waals surface area contributed by atoms with Crippen LogP contribution < -0.4 is 10.6 Å². The molecule has 1 atom stereocenters. The number of piperidine rings is 1. The molecule has 1 fully saturated rings. The molecule has 1 aromatic heterocycles. The van der Waals surface area contributed by atoms with E-state index in [2.05, 4.69) is 29.6 Å². The van der Waals surface area contributed by atoms with Crippen molar-refractivity contribution in [1.29, 1.82) is 0 Å². The fraction of sp³-hybridized carbons (Fsp3) is 0.714. The van der Waals surface area contributed by atoms with Crippen LogP contribution in [0.25, 0.3) is 0 Å². The molecule has 0 aliphatic carbocycles. The van der Waals surface area contributed by atoms with Crippen LogP contribution in [-0.4, -0.2) is 28.3 Å². The lowest BCUT2D eigenvalue weighted by molar-refractivity contribution is -0.121. The number of hydrogen-bond acceptors (Lipinski definition) is 3. The van der Waals surface area contributed by atoms with E-state index >= 15 is 0 Å². The lowest BCUT2D eigenvalue weighted by Crippen LogP contribution is -2.53. The van der Waals surface area contributed by atoms with E-state index in [1.165, 1.54) is 0 Å². The quantitative estimate of drug-likeness (QED) is 0.855. The van der Waals surface area contributed by atoms with Crippen LogP contribution in [0.4, 0.5) is 5.69 Å². The zero-order valence-electron chi connectivity index (χ0n) is 12.5. The number of hydrogen-bond donors (Lipinski definition) is 2. The highest BCUT2D eigenvalue weighted by Gasteiger charge is 2.37. The van der Waals surface area contributed by atoms with Gasteiger partial charge in [0.15, 0.2) is 0 Å². The van der Waals surface area contributed by atoms with Gasteiger partial charge in [-0.25, -0.2) is 0 Å². The zero-order valence-corrected chi connectivity index (χ0v) is 12.5. The molecular formula is C14H24N4O. The number of anilines is 1. The normalized spacial score (nSPS) is 22.3. The second kappa shape index (κ2) is 4.96. The van der Waals surface area contributed by atoms with Crippen LogP contribution in [0.5, 0.6) is 0 Å². The van der Waals surface area contributed by atoms with Gasteiger partial charge in [-0.2, -0.15) is 5.10 Å². The van der Waals surface area contributed by atoms with Crippen LogP contribution in [0.3, 0.4) is 0 Å². The van der Waals surface area contributed by atoms with Crippen LogP contribution in [-0.2, 0) is 11.8 Å². The highest BCUT2D eigenvalue weighted by atomic mass is 16.2. The first-order valence-corrected chi connectivity index (χ1v) is 6.87. The van der Waals surface area contributed by atoms with Crippen molar-refractivity contribution in [3.05, 3.63) is 11.4 Å². The van der Waals surface area contributed by atoms with Crippen molar-refractivity contribution in [1.82, 2.24) is 15.1 Å². The first-order chi connectivity index (χ1) is 8.83. The van der Waals surface area contributed by atoms with Gasteiger partial charge in [-0.15, -0.1) is 0 Å². The molecule has 0 bridgehead atoms. The Morgan fingerprint density at radius 3 is 2.68 bits per heavy atom. The summed E-state index contributed by atoms with van der Waals surface area (Å²) >= 11 is 0. The van der Waals surface area contributed by atoms with Gasteiger partial charge in [-0.05, 0) is 38.6 Å². The first kappa shape index (κ1) is 14.1. The predicted octanol–water partition coefficient (Wildman–Crippen LogP) is 1.75. The van der Waals surface area contributed by atoms with Crippen LogP contribution in [0.15, 0.2) is 0 Å².